The van der Waals surface area contributed by atoms with Gasteiger partial charge in [0.1, 0.15) is 0 Å². The van der Waals surface area contributed by atoms with Crippen LogP contribution in [0.25, 0.3) is 0 Å². The molecule has 1 rings (SSSR count). The van der Waals surface area contributed by atoms with Crippen molar-refractivity contribution < 1.29 is 4.79 Å². The van der Waals surface area contributed by atoms with Gasteiger partial charge in [0.15, 0.2) is 0 Å². The van der Waals surface area contributed by atoms with E-state index in [0.29, 0.717) is 16.5 Å². The number of carbonyl (C=O) groups is 1. The Balaban J connectivity index is 2.78. The standard InChI is InChI=1S/C11H13Cl2NO/c1-7-3-4-9(5-10(7)13)11(15)14-8(2)6-12/h3-5,8H,6H2,1-2H3,(H,14,15). The van der Waals surface area contributed by atoms with E-state index in [2.05, 4.69) is 5.32 Å². The Kier molecular flexibility index (Phi) is 4.43. The Morgan fingerprint density at radius 1 is 1.53 bits per heavy atom. The van der Waals surface area contributed by atoms with Gasteiger partial charge in [-0.15, -0.1) is 11.6 Å². The van der Waals surface area contributed by atoms with Gasteiger partial charge in [-0.1, -0.05) is 17.7 Å². The third-order valence-corrected chi connectivity index (χ3v) is 2.91. The van der Waals surface area contributed by atoms with Crippen molar-refractivity contribution in [2.45, 2.75) is 19.9 Å². The van der Waals surface area contributed by atoms with E-state index in [-0.39, 0.29) is 11.9 Å². The van der Waals surface area contributed by atoms with Crippen LogP contribution in [0.15, 0.2) is 18.2 Å². The monoisotopic (exact) mass is 245 g/mol. The number of benzene rings is 1. The van der Waals surface area contributed by atoms with Crippen LogP contribution < -0.4 is 5.32 Å². The molecule has 0 aliphatic carbocycles. The predicted molar refractivity (Wildman–Crippen MR) is 63.8 cm³/mol. The molecule has 4 heteroatoms. The lowest BCUT2D eigenvalue weighted by atomic mass is 10.1. The highest BCUT2D eigenvalue weighted by molar-refractivity contribution is 6.31. The Hall–Kier alpha value is -0.730. The molecule has 82 valence electrons. The molecular weight excluding hydrogens is 233 g/mol. The van der Waals surface area contributed by atoms with Gasteiger partial charge in [-0.25, -0.2) is 0 Å². The number of halogens is 2. The van der Waals surface area contributed by atoms with Crippen molar-refractivity contribution in [3.8, 4) is 0 Å². The van der Waals surface area contributed by atoms with Gasteiger partial charge >= 0.3 is 0 Å². The molecule has 15 heavy (non-hydrogen) atoms. The van der Waals surface area contributed by atoms with Gasteiger partial charge in [-0.05, 0) is 31.5 Å². The Morgan fingerprint density at radius 3 is 2.73 bits per heavy atom. The van der Waals surface area contributed by atoms with Gasteiger partial charge < -0.3 is 5.32 Å². The fourth-order valence-electron chi connectivity index (χ4n) is 1.08. The number of hydrogen-bond donors (Lipinski definition) is 1. The van der Waals surface area contributed by atoms with Gasteiger partial charge in [-0.2, -0.15) is 0 Å². The molecule has 0 radical (unpaired) electrons. The van der Waals surface area contributed by atoms with Crippen molar-refractivity contribution in [2.24, 2.45) is 0 Å². The van der Waals surface area contributed by atoms with Crippen LogP contribution >= 0.6 is 23.2 Å². The highest BCUT2D eigenvalue weighted by Crippen LogP contribution is 2.16. The van der Waals surface area contributed by atoms with Crippen LogP contribution in [0.5, 0.6) is 0 Å². The van der Waals surface area contributed by atoms with Crippen molar-refractivity contribution in [3.63, 3.8) is 0 Å². The second-order valence-electron chi connectivity index (χ2n) is 3.49. The molecule has 0 saturated carbocycles. The second-order valence-corrected chi connectivity index (χ2v) is 4.21. The van der Waals surface area contributed by atoms with Crippen LogP contribution in [0.3, 0.4) is 0 Å². The Morgan fingerprint density at radius 2 is 2.20 bits per heavy atom. The summed E-state index contributed by atoms with van der Waals surface area (Å²) in [5.74, 6) is 0.246. The number of aryl methyl sites for hydroxylation is 1. The number of nitrogens with one attached hydrogen (secondary N) is 1. The van der Waals surface area contributed by atoms with Gasteiger partial charge in [0.2, 0.25) is 0 Å². The molecule has 0 bridgehead atoms. The highest BCUT2D eigenvalue weighted by Gasteiger charge is 2.09. The van der Waals surface area contributed by atoms with Crippen LogP contribution in [0.1, 0.15) is 22.8 Å². The third-order valence-electron chi connectivity index (χ3n) is 2.04. The number of alkyl halides is 1. The van der Waals surface area contributed by atoms with E-state index in [1.54, 1.807) is 12.1 Å². The smallest absolute Gasteiger partial charge is 0.251 e. The van der Waals surface area contributed by atoms with Crippen molar-refractivity contribution >= 4 is 29.1 Å². The van der Waals surface area contributed by atoms with E-state index in [9.17, 15) is 4.79 Å². The molecule has 1 atom stereocenters. The molecule has 1 N–H and O–H groups in total. The normalized spacial score (nSPS) is 12.3. The average molecular weight is 246 g/mol. The zero-order valence-electron chi connectivity index (χ0n) is 8.68. The summed E-state index contributed by atoms with van der Waals surface area (Å²) in [5, 5.41) is 3.36. The summed E-state index contributed by atoms with van der Waals surface area (Å²) < 4.78 is 0. The first kappa shape index (κ1) is 12.3. The van der Waals surface area contributed by atoms with Crippen LogP contribution in [0.4, 0.5) is 0 Å². The summed E-state index contributed by atoms with van der Waals surface area (Å²) in [6.45, 7) is 3.74. The SMILES string of the molecule is Cc1ccc(C(=O)NC(C)CCl)cc1Cl. The molecule has 0 fully saturated rings. The quantitative estimate of drug-likeness (QED) is 0.816. The first-order valence-corrected chi connectivity index (χ1v) is 5.59. The Labute approximate surface area is 99.6 Å². The second kappa shape index (κ2) is 5.38. The molecular formula is C11H13Cl2NO. The maximum atomic E-state index is 11.6. The third kappa shape index (κ3) is 3.40. The number of hydrogen-bond acceptors (Lipinski definition) is 1. The largest absolute Gasteiger partial charge is 0.348 e. The minimum absolute atomic E-state index is 0.0424. The van der Waals surface area contributed by atoms with E-state index in [4.69, 9.17) is 23.2 Å². The van der Waals surface area contributed by atoms with Crippen molar-refractivity contribution in [1.82, 2.24) is 5.32 Å². The Bertz CT molecular complexity index is 366. The molecule has 0 aliphatic rings. The van der Waals surface area contributed by atoms with Crippen LogP contribution in [0.2, 0.25) is 5.02 Å². The predicted octanol–water partition coefficient (Wildman–Crippen LogP) is 3.01. The minimum atomic E-state index is -0.148. The topological polar surface area (TPSA) is 29.1 Å². The van der Waals surface area contributed by atoms with Crippen LogP contribution in [0, 0.1) is 6.92 Å². The number of carbonyl (C=O) groups excluding carboxylic acids is 1. The maximum Gasteiger partial charge on any atom is 0.251 e. The van der Waals surface area contributed by atoms with Gasteiger partial charge in [0.25, 0.3) is 5.91 Å². The summed E-state index contributed by atoms with van der Waals surface area (Å²) in [7, 11) is 0. The molecule has 2 nitrogen and oxygen atoms in total. The molecule has 0 spiro atoms. The van der Waals surface area contributed by atoms with E-state index in [0.717, 1.165) is 5.56 Å². The average Bonchev–Trinajstić information content (AvgIpc) is 2.21. The summed E-state index contributed by atoms with van der Waals surface area (Å²) in [6.07, 6.45) is 0. The summed E-state index contributed by atoms with van der Waals surface area (Å²) in [6, 6.07) is 5.19. The van der Waals surface area contributed by atoms with Gasteiger partial charge in [-0.3, -0.25) is 4.79 Å². The number of amides is 1. The number of rotatable bonds is 3. The van der Waals surface area contributed by atoms with Crippen molar-refractivity contribution in [2.75, 3.05) is 5.88 Å². The van der Waals surface area contributed by atoms with Gasteiger partial charge in [0, 0.05) is 22.5 Å². The summed E-state index contributed by atoms with van der Waals surface area (Å²) in [4.78, 5) is 11.6. The lowest BCUT2D eigenvalue weighted by Gasteiger charge is -2.10. The highest BCUT2D eigenvalue weighted by atomic mass is 35.5. The van der Waals surface area contributed by atoms with E-state index in [1.165, 1.54) is 0 Å². The van der Waals surface area contributed by atoms with Gasteiger partial charge in [0.05, 0.1) is 0 Å². The summed E-state index contributed by atoms with van der Waals surface area (Å²) in [5.41, 5.74) is 1.51. The van der Waals surface area contributed by atoms with Crippen molar-refractivity contribution in [3.05, 3.63) is 34.3 Å². The molecule has 0 heterocycles. The fraction of sp³-hybridized carbons (Fsp3) is 0.364. The molecule has 0 saturated heterocycles. The zero-order chi connectivity index (χ0) is 11.4. The summed E-state index contributed by atoms with van der Waals surface area (Å²) >= 11 is 11.5. The van der Waals surface area contributed by atoms with Crippen LogP contribution in [-0.2, 0) is 0 Å². The zero-order valence-corrected chi connectivity index (χ0v) is 10.2. The molecule has 1 amide bonds. The molecule has 1 unspecified atom stereocenters. The van der Waals surface area contributed by atoms with E-state index in [1.807, 2.05) is 19.9 Å². The molecule has 0 aliphatic heterocycles. The maximum absolute atomic E-state index is 11.6. The first-order valence-electron chi connectivity index (χ1n) is 4.67. The first-order chi connectivity index (χ1) is 7.04. The van der Waals surface area contributed by atoms with Crippen molar-refractivity contribution in [1.29, 1.82) is 0 Å². The molecule has 0 aromatic heterocycles. The van der Waals surface area contributed by atoms with E-state index < -0.39 is 0 Å². The lowest BCUT2D eigenvalue weighted by Crippen LogP contribution is -2.33. The van der Waals surface area contributed by atoms with Crippen LogP contribution in [-0.4, -0.2) is 17.8 Å². The van der Waals surface area contributed by atoms with E-state index >= 15 is 0 Å². The molecule has 1 aromatic carbocycles. The molecule has 1 aromatic rings. The lowest BCUT2D eigenvalue weighted by molar-refractivity contribution is 0.0943. The minimum Gasteiger partial charge on any atom is -0.348 e. The fourth-order valence-corrected chi connectivity index (χ4v) is 1.34.